The fourth-order valence-electron chi connectivity index (χ4n) is 2.22. The van der Waals surface area contributed by atoms with Crippen molar-refractivity contribution in [1.82, 2.24) is 4.90 Å². The molecule has 2 heteroatoms. The summed E-state index contributed by atoms with van der Waals surface area (Å²) in [5, 5.41) is 0.476. The van der Waals surface area contributed by atoms with E-state index in [4.69, 9.17) is 0 Å². The van der Waals surface area contributed by atoms with Crippen molar-refractivity contribution in [1.29, 1.82) is 0 Å². The van der Waals surface area contributed by atoms with Gasteiger partial charge in [-0.25, -0.2) is 0 Å². The molecule has 1 aliphatic rings. The van der Waals surface area contributed by atoms with E-state index in [1.807, 2.05) is 0 Å². The molecule has 1 aliphatic heterocycles. The predicted molar refractivity (Wildman–Crippen MR) is 66.9 cm³/mol. The van der Waals surface area contributed by atoms with Crippen LogP contribution in [-0.4, -0.2) is 23.9 Å². The Kier molecular flexibility index (Phi) is 4.78. The maximum atomic E-state index is 4.64. The molecule has 0 aromatic heterocycles. The highest BCUT2D eigenvalue weighted by atomic mass is 32.1. The van der Waals surface area contributed by atoms with Crippen LogP contribution in [0.5, 0.6) is 0 Å². The zero-order valence-corrected chi connectivity index (χ0v) is 10.8. The van der Waals surface area contributed by atoms with E-state index in [9.17, 15) is 0 Å². The van der Waals surface area contributed by atoms with Gasteiger partial charge < -0.3 is 0 Å². The Morgan fingerprint density at radius 1 is 1.14 bits per heavy atom. The monoisotopic (exact) mass is 215 g/mol. The van der Waals surface area contributed by atoms with Crippen molar-refractivity contribution in [2.24, 2.45) is 5.41 Å². The summed E-state index contributed by atoms with van der Waals surface area (Å²) in [7, 11) is 2.20. The van der Waals surface area contributed by atoms with E-state index < -0.39 is 0 Å². The molecule has 0 aliphatic carbocycles. The molecule has 0 spiro atoms. The number of hydrogen-bond acceptors (Lipinski definition) is 2. The summed E-state index contributed by atoms with van der Waals surface area (Å²) in [6.07, 6.45) is 8.01. The molecule has 1 nitrogen and oxygen atoms in total. The fraction of sp³-hybridized carbons (Fsp3) is 1.00. The number of thiol groups is 1. The van der Waals surface area contributed by atoms with E-state index in [1.54, 1.807) is 0 Å². The highest BCUT2D eigenvalue weighted by molar-refractivity contribution is 7.80. The lowest BCUT2D eigenvalue weighted by Crippen LogP contribution is -2.29. The Morgan fingerprint density at radius 3 is 2.50 bits per heavy atom. The standard InChI is InChI=1S/C12H25NS/c1-12(2)8-4-5-10-13(3)11(14)7-6-9-12/h11,14H,4-10H2,1-3H3. The molecule has 1 saturated heterocycles. The second-order valence-corrected chi connectivity index (χ2v) is 6.07. The molecule has 84 valence electrons. The maximum absolute atomic E-state index is 4.64. The van der Waals surface area contributed by atoms with Gasteiger partial charge in [0.15, 0.2) is 0 Å². The van der Waals surface area contributed by atoms with Crippen LogP contribution in [0.3, 0.4) is 0 Å². The minimum atomic E-state index is 0.476. The molecule has 0 radical (unpaired) electrons. The molecule has 1 fully saturated rings. The van der Waals surface area contributed by atoms with Crippen LogP contribution in [0.2, 0.25) is 0 Å². The second kappa shape index (κ2) is 5.41. The van der Waals surface area contributed by atoms with Crippen LogP contribution in [0.15, 0.2) is 0 Å². The van der Waals surface area contributed by atoms with Crippen LogP contribution < -0.4 is 0 Å². The lowest BCUT2D eigenvalue weighted by molar-refractivity contribution is 0.228. The Hall–Kier alpha value is 0.310. The highest BCUT2D eigenvalue weighted by Crippen LogP contribution is 2.31. The number of nitrogens with zero attached hydrogens (tertiary/aromatic N) is 1. The molecule has 1 heterocycles. The number of hydrogen-bond donors (Lipinski definition) is 1. The zero-order valence-electron chi connectivity index (χ0n) is 9.92. The Bertz CT molecular complexity index is 168. The van der Waals surface area contributed by atoms with E-state index in [0.29, 0.717) is 10.8 Å². The quantitative estimate of drug-likeness (QED) is 0.605. The fourth-order valence-corrected chi connectivity index (χ4v) is 2.52. The van der Waals surface area contributed by atoms with Crippen molar-refractivity contribution in [3.63, 3.8) is 0 Å². The van der Waals surface area contributed by atoms with Crippen molar-refractivity contribution in [2.45, 2.75) is 57.7 Å². The Labute approximate surface area is 94.7 Å². The van der Waals surface area contributed by atoms with Crippen molar-refractivity contribution in [2.75, 3.05) is 13.6 Å². The van der Waals surface area contributed by atoms with Crippen LogP contribution in [0.1, 0.15) is 52.4 Å². The van der Waals surface area contributed by atoms with Gasteiger partial charge in [-0.15, -0.1) is 0 Å². The molecule has 1 unspecified atom stereocenters. The molecule has 0 saturated carbocycles. The summed E-state index contributed by atoms with van der Waals surface area (Å²) in [4.78, 5) is 2.39. The first-order chi connectivity index (χ1) is 6.51. The predicted octanol–water partition coefficient (Wildman–Crippen LogP) is 3.55. The first-order valence-electron chi connectivity index (χ1n) is 5.90. The molecule has 0 amide bonds. The van der Waals surface area contributed by atoms with E-state index in [0.717, 1.165) is 0 Å². The van der Waals surface area contributed by atoms with Crippen molar-refractivity contribution in [3.05, 3.63) is 0 Å². The molecule has 0 aromatic rings. The Morgan fingerprint density at radius 2 is 1.79 bits per heavy atom. The summed E-state index contributed by atoms with van der Waals surface area (Å²) < 4.78 is 0. The second-order valence-electron chi connectivity index (χ2n) is 5.47. The normalized spacial score (nSPS) is 31.3. The van der Waals surface area contributed by atoms with Crippen molar-refractivity contribution < 1.29 is 0 Å². The van der Waals surface area contributed by atoms with Gasteiger partial charge in [0.2, 0.25) is 0 Å². The summed E-state index contributed by atoms with van der Waals surface area (Å²) >= 11 is 4.64. The molecular formula is C12H25NS. The Balaban J connectivity index is 2.43. The van der Waals surface area contributed by atoms with Gasteiger partial charge in [-0.05, 0) is 44.7 Å². The van der Waals surface area contributed by atoms with Gasteiger partial charge in [0, 0.05) is 0 Å². The van der Waals surface area contributed by atoms with Gasteiger partial charge in [0.1, 0.15) is 0 Å². The van der Waals surface area contributed by atoms with Crippen LogP contribution in [0, 0.1) is 5.41 Å². The average molecular weight is 215 g/mol. The molecule has 0 aromatic carbocycles. The zero-order chi connectivity index (χ0) is 10.6. The van der Waals surface area contributed by atoms with Crippen molar-refractivity contribution in [3.8, 4) is 0 Å². The van der Waals surface area contributed by atoms with Gasteiger partial charge in [-0.3, -0.25) is 4.90 Å². The lowest BCUT2D eigenvalue weighted by atomic mass is 9.82. The number of rotatable bonds is 0. The molecule has 0 bridgehead atoms. The third kappa shape index (κ3) is 4.22. The molecule has 14 heavy (non-hydrogen) atoms. The lowest BCUT2D eigenvalue weighted by Gasteiger charge is -2.30. The minimum absolute atomic E-state index is 0.476. The maximum Gasteiger partial charge on any atom is 0.0524 e. The topological polar surface area (TPSA) is 3.24 Å². The molecule has 1 atom stereocenters. The summed E-state index contributed by atoms with van der Waals surface area (Å²) in [6.45, 7) is 6.03. The average Bonchev–Trinajstić information content (AvgIpc) is 2.10. The van der Waals surface area contributed by atoms with Gasteiger partial charge in [0.25, 0.3) is 0 Å². The van der Waals surface area contributed by atoms with Crippen LogP contribution in [0.25, 0.3) is 0 Å². The smallest absolute Gasteiger partial charge is 0.0524 e. The van der Waals surface area contributed by atoms with E-state index in [-0.39, 0.29) is 0 Å². The van der Waals surface area contributed by atoms with Crippen LogP contribution >= 0.6 is 12.6 Å². The van der Waals surface area contributed by atoms with E-state index >= 15 is 0 Å². The third-order valence-corrected chi connectivity index (χ3v) is 4.09. The van der Waals surface area contributed by atoms with Gasteiger partial charge in [-0.1, -0.05) is 26.7 Å². The summed E-state index contributed by atoms with van der Waals surface area (Å²) in [6, 6.07) is 0. The molecule has 1 rings (SSSR count). The first kappa shape index (κ1) is 12.4. The van der Waals surface area contributed by atoms with E-state index in [1.165, 1.54) is 45.1 Å². The largest absolute Gasteiger partial charge is 0.295 e. The summed E-state index contributed by atoms with van der Waals surface area (Å²) in [5.74, 6) is 0. The third-order valence-electron chi connectivity index (χ3n) is 3.44. The van der Waals surface area contributed by atoms with Gasteiger partial charge in [-0.2, -0.15) is 12.6 Å². The first-order valence-corrected chi connectivity index (χ1v) is 6.41. The molecule has 0 N–H and O–H groups in total. The minimum Gasteiger partial charge on any atom is -0.295 e. The summed E-state index contributed by atoms with van der Waals surface area (Å²) in [5.41, 5.74) is 0.559. The van der Waals surface area contributed by atoms with Crippen LogP contribution in [0.4, 0.5) is 0 Å². The molecular weight excluding hydrogens is 190 g/mol. The van der Waals surface area contributed by atoms with Crippen molar-refractivity contribution >= 4 is 12.6 Å². The van der Waals surface area contributed by atoms with Crippen LogP contribution in [-0.2, 0) is 0 Å². The van der Waals surface area contributed by atoms with Gasteiger partial charge in [0.05, 0.1) is 5.37 Å². The van der Waals surface area contributed by atoms with E-state index in [2.05, 4.69) is 38.4 Å². The SMILES string of the molecule is CN1CCCCC(C)(C)CCCC1S. The van der Waals surface area contributed by atoms with Gasteiger partial charge >= 0.3 is 0 Å². The highest BCUT2D eigenvalue weighted by Gasteiger charge is 2.20.